The minimum absolute atomic E-state index is 0.0637. The summed E-state index contributed by atoms with van der Waals surface area (Å²) in [6, 6.07) is 0. The molecule has 3 saturated carbocycles. The number of carbonyl (C=O) groups excluding carboxylic acids is 5. The number of fused-ring (bicyclic) bond motifs is 5. The van der Waals surface area contributed by atoms with Gasteiger partial charge in [0.05, 0.1) is 30.1 Å². The van der Waals surface area contributed by atoms with Crippen LogP contribution in [0.2, 0.25) is 0 Å². The Morgan fingerprint density at radius 2 is 1.64 bits per heavy atom. The predicted octanol–water partition coefficient (Wildman–Crippen LogP) is 1.40. The van der Waals surface area contributed by atoms with Gasteiger partial charge in [-0.2, -0.15) is 0 Å². The number of nitrogens with one attached hydrogen (secondary N) is 1. The maximum atomic E-state index is 17.6. The van der Waals surface area contributed by atoms with Gasteiger partial charge in [0.1, 0.15) is 12.7 Å². The number of aliphatic hydroxyl groups excluding tert-OH is 1. The highest BCUT2D eigenvalue weighted by Gasteiger charge is 2.76. The van der Waals surface area contributed by atoms with Crippen LogP contribution < -0.4 is 5.32 Å². The number of ketones is 2. The van der Waals surface area contributed by atoms with Gasteiger partial charge >= 0.3 is 11.9 Å². The van der Waals surface area contributed by atoms with Crippen LogP contribution in [0, 0.1) is 22.7 Å². The van der Waals surface area contributed by atoms with E-state index in [1.54, 1.807) is 0 Å². The maximum absolute atomic E-state index is 17.6. The molecule has 0 heterocycles. The van der Waals surface area contributed by atoms with Crippen molar-refractivity contribution in [3.05, 3.63) is 23.8 Å². The topological polar surface area (TPSA) is 242 Å². The van der Waals surface area contributed by atoms with Crippen LogP contribution in [0.3, 0.4) is 0 Å². The lowest BCUT2D eigenvalue weighted by atomic mass is 9.44. The summed E-state index contributed by atoms with van der Waals surface area (Å²) in [6.07, 6.45) is -1.60. The van der Waals surface area contributed by atoms with Crippen molar-refractivity contribution < 1.29 is 77.8 Å². The molecule has 4 aliphatic carbocycles. The van der Waals surface area contributed by atoms with Crippen LogP contribution >= 0.6 is 0 Å². The number of halogens is 2. The van der Waals surface area contributed by atoms with Crippen LogP contribution in [0.4, 0.5) is 8.78 Å². The third-order valence-electron chi connectivity index (χ3n) is 10.8. The molecule has 280 valence electrons. The molecule has 19 heteroatoms. The number of hydrogen-bond donors (Lipinski definition) is 6. The third-order valence-corrected chi connectivity index (χ3v) is 10.8. The lowest BCUT2D eigenvalue weighted by molar-refractivity contribution is -0.492. The van der Waals surface area contributed by atoms with Gasteiger partial charge in [-0.25, -0.2) is 8.78 Å². The van der Waals surface area contributed by atoms with Crippen molar-refractivity contribution in [1.82, 2.24) is 16.1 Å². The van der Waals surface area contributed by atoms with Crippen LogP contribution in [0.1, 0.15) is 65.2 Å². The number of rotatable bonds is 16. The van der Waals surface area contributed by atoms with Crippen molar-refractivity contribution in [1.29, 1.82) is 0 Å². The summed E-state index contributed by atoms with van der Waals surface area (Å²) in [5.41, 5.74) is -7.80. The van der Waals surface area contributed by atoms with E-state index in [1.807, 2.05) is 0 Å². The van der Waals surface area contributed by atoms with E-state index >= 15 is 8.78 Å². The average molecular weight is 720 g/mol. The summed E-state index contributed by atoms with van der Waals surface area (Å²) < 4.78 is 44.4. The summed E-state index contributed by atoms with van der Waals surface area (Å²) >= 11 is 0. The molecule has 0 spiro atoms. The molecule has 17 nitrogen and oxygen atoms in total. The van der Waals surface area contributed by atoms with Crippen LogP contribution in [0.5, 0.6) is 0 Å². The Hall–Kier alpha value is -3.27. The van der Waals surface area contributed by atoms with E-state index in [0.717, 1.165) is 12.2 Å². The first-order valence-electron chi connectivity index (χ1n) is 16.2. The van der Waals surface area contributed by atoms with Gasteiger partial charge in [0.2, 0.25) is 11.7 Å². The summed E-state index contributed by atoms with van der Waals surface area (Å²) in [5, 5.41) is 47.3. The second-order valence-corrected chi connectivity index (χ2v) is 13.4. The molecular formula is C31H43F2N3O14. The third kappa shape index (κ3) is 7.51. The SMILES string of the molecule is C[C@]12C=CC(=O)C=C1[C@@H](F)CC1C3CC[C@](OC(=O)CCCON(O)O)(C(=O)COC(=O)CNC(=O)CCCON(O)O)[C@@]3(C)C[C@H](O)[C@@]12F. The van der Waals surface area contributed by atoms with E-state index < -0.39 is 112 Å². The Morgan fingerprint density at radius 1 is 1.00 bits per heavy atom. The molecule has 1 amide bonds. The Bertz CT molecular complexity index is 1400. The molecule has 6 N–H and O–H groups in total. The predicted molar refractivity (Wildman–Crippen MR) is 158 cm³/mol. The van der Waals surface area contributed by atoms with Crippen molar-refractivity contribution >= 4 is 29.4 Å². The molecule has 0 aliphatic heterocycles. The number of ether oxygens (including phenoxy) is 2. The van der Waals surface area contributed by atoms with E-state index in [2.05, 4.69) is 15.0 Å². The van der Waals surface area contributed by atoms with E-state index in [0.29, 0.717) is 0 Å². The van der Waals surface area contributed by atoms with E-state index in [-0.39, 0.29) is 57.3 Å². The van der Waals surface area contributed by atoms with Crippen molar-refractivity contribution in [2.75, 3.05) is 26.4 Å². The molecule has 50 heavy (non-hydrogen) atoms. The number of esters is 2. The van der Waals surface area contributed by atoms with Crippen LogP contribution in [0.15, 0.2) is 23.8 Å². The summed E-state index contributed by atoms with van der Waals surface area (Å²) in [7, 11) is 0. The van der Waals surface area contributed by atoms with Gasteiger partial charge in [0, 0.05) is 29.6 Å². The number of nitrogens with zero attached hydrogens (tertiary/aromatic N) is 2. The van der Waals surface area contributed by atoms with Crippen molar-refractivity contribution in [3.8, 4) is 0 Å². The molecule has 3 fully saturated rings. The number of allylic oxidation sites excluding steroid dienone is 4. The second-order valence-electron chi connectivity index (χ2n) is 13.4. The fourth-order valence-electron chi connectivity index (χ4n) is 8.43. The van der Waals surface area contributed by atoms with Crippen molar-refractivity contribution in [2.45, 2.75) is 88.8 Å². The first kappa shape index (κ1) is 39.5. The molecule has 0 bridgehead atoms. The number of Topliss-reactive ketones (excluding diaryl/α,β-unsaturated/α-hetero) is 1. The number of alkyl halides is 2. The lowest BCUT2D eigenvalue weighted by Crippen LogP contribution is -2.70. The number of carbonyl (C=O) groups is 5. The van der Waals surface area contributed by atoms with Gasteiger partial charge in [-0.15, -0.1) is 0 Å². The van der Waals surface area contributed by atoms with Crippen LogP contribution in [0.25, 0.3) is 0 Å². The smallest absolute Gasteiger partial charge is 0.325 e. The standard InChI is InChI=1S/C31H43F2N3O14/c1-28-9-7-18(37)13-21(28)22(32)14-20-19-8-10-30(29(19,2)15-23(38)31(20,28)33,50-26(41)6-4-12-49-36(45)46)24(39)17-47-27(42)16-34-25(40)5-3-11-48-35(43)44/h7,9,13,19-20,22-23,38,43-46H,3-6,8,10-12,14-17H2,1-2H3,(H,34,40)/t19?,20?,22-,23-,28-,29-,30-,31-/m0/s1. The summed E-state index contributed by atoms with van der Waals surface area (Å²) in [4.78, 5) is 72.6. The zero-order valence-electron chi connectivity index (χ0n) is 27.6. The van der Waals surface area contributed by atoms with Crippen molar-refractivity contribution in [3.63, 3.8) is 0 Å². The van der Waals surface area contributed by atoms with Crippen LogP contribution in [-0.4, -0.2) is 116 Å². The lowest BCUT2D eigenvalue weighted by Gasteiger charge is -2.63. The maximum Gasteiger partial charge on any atom is 0.325 e. The largest absolute Gasteiger partial charge is 0.456 e. The molecular weight excluding hydrogens is 676 g/mol. The average Bonchev–Trinajstić information content (AvgIpc) is 3.33. The van der Waals surface area contributed by atoms with E-state index in [1.165, 1.54) is 19.9 Å². The van der Waals surface area contributed by atoms with Gasteiger partial charge in [-0.3, -0.25) is 54.5 Å². The molecule has 4 aliphatic rings. The monoisotopic (exact) mass is 719 g/mol. The van der Waals surface area contributed by atoms with E-state index in [9.17, 15) is 29.1 Å². The summed E-state index contributed by atoms with van der Waals surface area (Å²) in [6.45, 7) is 0.839. The number of hydrogen-bond acceptors (Lipinski definition) is 16. The fourth-order valence-corrected chi connectivity index (χ4v) is 8.43. The highest BCUT2D eigenvalue weighted by molar-refractivity contribution is 6.01. The highest BCUT2D eigenvalue weighted by atomic mass is 19.1. The number of amides is 1. The quantitative estimate of drug-likeness (QED) is 0.0750. The molecule has 0 aromatic rings. The van der Waals surface area contributed by atoms with E-state index in [4.69, 9.17) is 30.3 Å². The molecule has 4 rings (SSSR count). The molecule has 0 aromatic carbocycles. The molecule has 2 unspecified atom stereocenters. The first-order valence-corrected chi connectivity index (χ1v) is 16.2. The van der Waals surface area contributed by atoms with Crippen molar-refractivity contribution in [2.24, 2.45) is 22.7 Å². The second kappa shape index (κ2) is 15.5. The summed E-state index contributed by atoms with van der Waals surface area (Å²) in [5.74, 6) is -5.97. The van der Waals surface area contributed by atoms with Gasteiger partial charge in [-0.05, 0) is 69.1 Å². The zero-order chi connectivity index (χ0) is 37.1. The highest BCUT2D eigenvalue weighted by Crippen LogP contribution is 2.70. The molecule has 8 atom stereocenters. The Labute approximate surface area is 285 Å². The molecule has 0 saturated heterocycles. The Kier molecular flexibility index (Phi) is 12.3. The molecule has 0 aromatic heterocycles. The minimum Gasteiger partial charge on any atom is -0.456 e. The normalized spacial score (nSPS) is 34.5. The van der Waals surface area contributed by atoms with Gasteiger partial charge < -0.3 is 19.9 Å². The fraction of sp³-hybridized carbons (Fsp3) is 0.710. The van der Waals surface area contributed by atoms with Gasteiger partial charge in [0.15, 0.2) is 23.7 Å². The minimum atomic E-state index is -2.46. The number of aliphatic hydroxyl groups is 1. The molecule has 0 radical (unpaired) electrons. The first-order chi connectivity index (χ1) is 23.4. The Balaban J connectivity index is 1.54. The Morgan fingerprint density at radius 3 is 2.28 bits per heavy atom. The van der Waals surface area contributed by atoms with Gasteiger partial charge in [-0.1, -0.05) is 13.0 Å². The van der Waals surface area contributed by atoms with Crippen LogP contribution in [-0.2, 0) is 43.1 Å². The van der Waals surface area contributed by atoms with Gasteiger partial charge in [0.25, 0.3) is 0 Å². The zero-order valence-corrected chi connectivity index (χ0v) is 27.6.